The van der Waals surface area contributed by atoms with E-state index in [9.17, 15) is 4.79 Å². The monoisotopic (exact) mass is 232 g/mol. The van der Waals surface area contributed by atoms with Gasteiger partial charge in [-0.3, -0.25) is 4.79 Å². The van der Waals surface area contributed by atoms with Crippen LogP contribution in [0, 0.1) is 6.92 Å². The molecule has 0 saturated heterocycles. The first-order valence-electron chi connectivity index (χ1n) is 4.21. The van der Waals surface area contributed by atoms with E-state index in [1.807, 2.05) is 6.92 Å². The van der Waals surface area contributed by atoms with Crippen molar-refractivity contribution < 1.29 is 9.53 Å². The van der Waals surface area contributed by atoms with Crippen LogP contribution < -0.4 is 4.74 Å². The van der Waals surface area contributed by atoms with Gasteiger partial charge in [-0.25, -0.2) is 0 Å². The highest BCUT2D eigenvalue weighted by atomic mass is 35.5. The van der Waals surface area contributed by atoms with E-state index < -0.39 is 0 Å². The van der Waals surface area contributed by atoms with Crippen molar-refractivity contribution in [3.63, 3.8) is 0 Å². The number of hydrogen-bond acceptors (Lipinski definition) is 2. The summed E-state index contributed by atoms with van der Waals surface area (Å²) in [5.74, 6) is -0.108. The summed E-state index contributed by atoms with van der Waals surface area (Å²) in [6, 6.07) is 3.40. The van der Waals surface area contributed by atoms with Crippen LogP contribution in [-0.4, -0.2) is 5.97 Å². The second kappa shape index (κ2) is 4.67. The maximum atomic E-state index is 11.0. The number of carbonyl (C=O) groups is 1. The van der Waals surface area contributed by atoms with Gasteiger partial charge in [-0.1, -0.05) is 30.1 Å². The van der Waals surface area contributed by atoms with Crippen LogP contribution in [0.25, 0.3) is 0 Å². The molecule has 0 heterocycles. The average molecular weight is 233 g/mol. The van der Waals surface area contributed by atoms with Crippen LogP contribution in [0.15, 0.2) is 12.1 Å². The van der Waals surface area contributed by atoms with Gasteiger partial charge in [-0.05, 0) is 24.6 Å². The molecule has 0 amide bonds. The molecule has 0 bridgehead atoms. The number of benzene rings is 1. The summed E-state index contributed by atoms with van der Waals surface area (Å²) in [5.41, 5.74) is 0.927. The first-order chi connectivity index (χ1) is 6.54. The van der Waals surface area contributed by atoms with Crippen molar-refractivity contribution in [2.45, 2.75) is 20.3 Å². The highest BCUT2D eigenvalue weighted by Crippen LogP contribution is 2.34. The van der Waals surface area contributed by atoms with Gasteiger partial charge in [0.1, 0.15) is 0 Å². The number of aryl methyl sites for hydroxylation is 1. The molecule has 0 atom stereocenters. The van der Waals surface area contributed by atoms with E-state index in [4.69, 9.17) is 27.9 Å². The summed E-state index contributed by atoms with van der Waals surface area (Å²) in [6.07, 6.45) is 0.292. The zero-order valence-corrected chi connectivity index (χ0v) is 9.45. The third-order valence-corrected chi connectivity index (χ3v) is 2.21. The second-order valence-electron chi connectivity index (χ2n) is 2.89. The van der Waals surface area contributed by atoms with Crippen molar-refractivity contribution in [3.05, 3.63) is 27.7 Å². The van der Waals surface area contributed by atoms with E-state index in [0.29, 0.717) is 16.5 Å². The van der Waals surface area contributed by atoms with Crippen LogP contribution in [0.1, 0.15) is 18.9 Å². The summed E-state index contributed by atoms with van der Waals surface area (Å²) >= 11 is 11.7. The Hall–Kier alpha value is -0.730. The zero-order valence-electron chi connectivity index (χ0n) is 7.93. The predicted molar refractivity (Wildman–Crippen MR) is 57.1 cm³/mol. The van der Waals surface area contributed by atoms with Gasteiger partial charge in [0.15, 0.2) is 5.75 Å². The Morgan fingerprint density at radius 2 is 1.86 bits per heavy atom. The van der Waals surface area contributed by atoms with E-state index in [2.05, 4.69) is 0 Å². The van der Waals surface area contributed by atoms with Crippen LogP contribution >= 0.6 is 23.2 Å². The van der Waals surface area contributed by atoms with Gasteiger partial charge in [-0.15, -0.1) is 0 Å². The van der Waals surface area contributed by atoms with E-state index in [-0.39, 0.29) is 11.7 Å². The summed E-state index contributed by atoms with van der Waals surface area (Å²) < 4.78 is 4.98. The molecular formula is C10H10Cl2O2. The molecule has 1 rings (SSSR count). The normalized spacial score (nSPS) is 10.0. The molecule has 0 spiro atoms. The largest absolute Gasteiger partial charge is 0.423 e. The van der Waals surface area contributed by atoms with E-state index >= 15 is 0 Å². The van der Waals surface area contributed by atoms with Crippen LogP contribution in [0.4, 0.5) is 0 Å². The molecule has 1 aromatic rings. The molecular weight excluding hydrogens is 223 g/mol. The molecule has 0 aliphatic heterocycles. The van der Waals surface area contributed by atoms with Gasteiger partial charge in [0.2, 0.25) is 0 Å². The summed E-state index contributed by atoms with van der Waals surface area (Å²) in [7, 11) is 0. The Bertz CT molecular complexity index is 338. The highest BCUT2D eigenvalue weighted by molar-refractivity contribution is 6.37. The Morgan fingerprint density at radius 3 is 2.29 bits per heavy atom. The zero-order chi connectivity index (χ0) is 10.7. The van der Waals surface area contributed by atoms with Crippen molar-refractivity contribution in [2.24, 2.45) is 0 Å². The second-order valence-corrected chi connectivity index (χ2v) is 3.70. The molecule has 0 unspecified atom stereocenters. The lowest BCUT2D eigenvalue weighted by molar-refractivity contribution is -0.134. The maximum absolute atomic E-state index is 11.0. The van der Waals surface area contributed by atoms with Gasteiger partial charge in [0.05, 0.1) is 10.0 Å². The topological polar surface area (TPSA) is 26.3 Å². The van der Waals surface area contributed by atoms with Crippen LogP contribution in [0.5, 0.6) is 5.75 Å². The third kappa shape index (κ3) is 2.63. The first-order valence-corrected chi connectivity index (χ1v) is 4.96. The summed E-state index contributed by atoms with van der Waals surface area (Å²) in [4.78, 5) is 11.0. The Labute approximate surface area is 92.8 Å². The third-order valence-electron chi connectivity index (χ3n) is 1.65. The van der Waals surface area contributed by atoms with Crippen molar-refractivity contribution in [1.82, 2.24) is 0 Å². The maximum Gasteiger partial charge on any atom is 0.310 e. The highest BCUT2D eigenvalue weighted by Gasteiger charge is 2.11. The van der Waals surface area contributed by atoms with Gasteiger partial charge in [0, 0.05) is 6.42 Å². The molecule has 0 aliphatic carbocycles. The van der Waals surface area contributed by atoms with Crippen molar-refractivity contribution >= 4 is 29.2 Å². The molecule has 0 radical (unpaired) electrons. The van der Waals surface area contributed by atoms with Crippen molar-refractivity contribution in [2.75, 3.05) is 0 Å². The minimum Gasteiger partial charge on any atom is -0.423 e. The van der Waals surface area contributed by atoms with E-state index in [0.717, 1.165) is 5.56 Å². The fourth-order valence-electron chi connectivity index (χ4n) is 0.970. The van der Waals surface area contributed by atoms with Crippen LogP contribution in [0.2, 0.25) is 10.0 Å². The average Bonchev–Trinajstić information content (AvgIpc) is 2.10. The number of halogens is 2. The summed E-state index contributed by atoms with van der Waals surface area (Å²) in [6.45, 7) is 3.57. The predicted octanol–water partition coefficient (Wildman–Crippen LogP) is 3.62. The fourth-order valence-corrected chi connectivity index (χ4v) is 1.64. The number of ether oxygens (including phenoxy) is 1. The molecule has 0 aromatic heterocycles. The summed E-state index contributed by atoms with van der Waals surface area (Å²) in [5, 5.41) is 0.716. The smallest absolute Gasteiger partial charge is 0.310 e. The van der Waals surface area contributed by atoms with Gasteiger partial charge < -0.3 is 4.74 Å². The number of esters is 1. The van der Waals surface area contributed by atoms with Crippen molar-refractivity contribution in [1.29, 1.82) is 0 Å². The first kappa shape index (κ1) is 11.3. The van der Waals surface area contributed by atoms with Crippen LogP contribution in [-0.2, 0) is 4.79 Å². The Kier molecular flexibility index (Phi) is 3.78. The Morgan fingerprint density at radius 1 is 1.36 bits per heavy atom. The molecule has 0 N–H and O–H groups in total. The lowest BCUT2D eigenvalue weighted by Crippen LogP contribution is -2.06. The van der Waals surface area contributed by atoms with Crippen molar-refractivity contribution in [3.8, 4) is 5.75 Å². The molecule has 0 saturated carbocycles. The van der Waals surface area contributed by atoms with E-state index in [1.165, 1.54) is 0 Å². The SMILES string of the molecule is CCC(=O)Oc1c(Cl)cc(C)cc1Cl. The number of hydrogen-bond donors (Lipinski definition) is 0. The lowest BCUT2D eigenvalue weighted by Gasteiger charge is -2.07. The quantitative estimate of drug-likeness (QED) is 0.576. The molecule has 14 heavy (non-hydrogen) atoms. The van der Waals surface area contributed by atoms with Gasteiger partial charge >= 0.3 is 5.97 Å². The van der Waals surface area contributed by atoms with Crippen LogP contribution in [0.3, 0.4) is 0 Å². The Balaban J connectivity index is 3.02. The minimum atomic E-state index is -0.349. The number of carbonyl (C=O) groups excluding carboxylic acids is 1. The standard InChI is InChI=1S/C10H10Cl2O2/c1-3-9(13)14-10-7(11)4-6(2)5-8(10)12/h4-5H,3H2,1-2H3. The molecule has 76 valence electrons. The molecule has 2 nitrogen and oxygen atoms in total. The molecule has 0 aliphatic rings. The van der Waals surface area contributed by atoms with E-state index in [1.54, 1.807) is 19.1 Å². The number of rotatable bonds is 2. The molecule has 4 heteroatoms. The molecule has 0 fully saturated rings. The minimum absolute atomic E-state index is 0.241. The van der Waals surface area contributed by atoms with Gasteiger partial charge in [0.25, 0.3) is 0 Å². The lowest BCUT2D eigenvalue weighted by atomic mass is 10.2. The molecule has 1 aromatic carbocycles. The fraction of sp³-hybridized carbons (Fsp3) is 0.300. The van der Waals surface area contributed by atoms with Gasteiger partial charge in [-0.2, -0.15) is 0 Å².